The molecule has 0 spiro atoms. The van der Waals surface area contributed by atoms with E-state index in [0.717, 1.165) is 24.8 Å². The molecule has 0 radical (unpaired) electrons. The van der Waals surface area contributed by atoms with Crippen LogP contribution < -0.4 is 10.6 Å². The smallest absolute Gasteiger partial charge is 0.286 e. The lowest BCUT2D eigenvalue weighted by Crippen LogP contribution is -2.26. The molecule has 1 aliphatic carbocycles. The van der Waals surface area contributed by atoms with Gasteiger partial charge < -0.3 is 19.8 Å². The fourth-order valence-electron chi connectivity index (χ4n) is 3.41. The molecule has 1 aliphatic rings. The van der Waals surface area contributed by atoms with Crippen LogP contribution in [0.5, 0.6) is 0 Å². The summed E-state index contributed by atoms with van der Waals surface area (Å²) in [6, 6.07) is 10.5. The Labute approximate surface area is 165 Å². The van der Waals surface area contributed by atoms with Gasteiger partial charge in [-0.3, -0.25) is 9.59 Å². The predicted molar refractivity (Wildman–Crippen MR) is 107 cm³/mol. The van der Waals surface area contributed by atoms with Crippen molar-refractivity contribution in [1.29, 1.82) is 0 Å². The molecule has 150 valence electrons. The molecule has 1 saturated carbocycles. The Bertz CT molecular complexity index is 793. The minimum Gasteiger partial charge on any atom is -0.451 e. The van der Waals surface area contributed by atoms with Crippen molar-refractivity contribution in [3.05, 3.63) is 47.7 Å². The van der Waals surface area contributed by atoms with Gasteiger partial charge in [-0.15, -0.1) is 0 Å². The number of hydrogen-bond acceptors (Lipinski definition) is 4. The highest BCUT2D eigenvalue weighted by atomic mass is 16.5. The Morgan fingerprint density at radius 2 is 1.93 bits per heavy atom. The molecule has 6 heteroatoms. The van der Waals surface area contributed by atoms with E-state index in [1.807, 2.05) is 6.07 Å². The standard InChI is InChI=1S/C22H28N2O4/c1-23-22(26)20-12-11-19(28-20)16-7-5-8-17(15-16)21(25)24-13-6-14-27-18-9-3-2-4-10-18/h5,7-8,11-12,15,18H,2-4,6,9-10,13-14H2,1H3,(H,23,26)(H,24,25). The van der Waals surface area contributed by atoms with Crippen LogP contribution in [0.15, 0.2) is 40.8 Å². The molecule has 0 saturated heterocycles. The second kappa shape index (κ2) is 10.1. The lowest BCUT2D eigenvalue weighted by molar-refractivity contribution is 0.0273. The topological polar surface area (TPSA) is 80.6 Å². The van der Waals surface area contributed by atoms with Gasteiger partial charge in [-0.1, -0.05) is 31.4 Å². The molecule has 28 heavy (non-hydrogen) atoms. The molecule has 1 fully saturated rings. The van der Waals surface area contributed by atoms with Gasteiger partial charge >= 0.3 is 0 Å². The molecule has 1 aromatic carbocycles. The summed E-state index contributed by atoms with van der Waals surface area (Å²) in [6.45, 7) is 1.26. The molecule has 0 atom stereocenters. The summed E-state index contributed by atoms with van der Waals surface area (Å²) >= 11 is 0. The summed E-state index contributed by atoms with van der Waals surface area (Å²) in [5.74, 6) is 0.382. The van der Waals surface area contributed by atoms with Crippen LogP contribution in [0.3, 0.4) is 0 Å². The summed E-state index contributed by atoms with van der Waals surface area (Å²) in [6.07, 6.45) is 7.36. The molecule has 0 bridgehead atoms. The van der Waals surface area contributed by atoms with Gasteiger partial charge in [-0.05, 0) is 43.5 Å². The number of benzene rings is 1. The SMILES string of the molecule is CNC(=O)c1ccc(-c2cccc(C(=O)NCCCOC3CCCCC3)c2)o1. The maximum Gasteiger partial charge on any atom is 0.286 e. The number of amides is 2. The fourth-order valence-corrected chi connectivity index (χ4v) is 3.41. The van der Waals surface area contributed by atoms with Crippen LogP contribution in [-0.2, 0) is 4.74 Å². The first-order valence-corrected chi connectivity index (χ1v) is 9.99. The van der Waals surface area contributed by atoms with Crippen molar-refractivity contribution < 1.29 is 18.7 Å². The zero-order valence-corrected chi connectivity index (χ0v) is 16.3. The molecular weight excluding hydrogens is 356 g/mol. The van der Waals surface area contributed by atoms with E-state index in [9.17, 15) is 9.59 Å². The highest BCUT2D eigenvalue weighted by molar-refractivity contribution is 5.95. The number of hydrogen-bond donors (Lipinski definition) is 2. The van der Waals surface area contributed by atoms with E-state index >= 15 is 0 Å². The van der Waals surface area contributed by atoms with Crippen molar-refractivity contribution in [3.63, 3.8) is 0 Å². The second-order valence-electron chi connectivity index (χ2n) is 7.06. The first kappa shape index (κ1) is 20.1. The summed E-state index contributed by atoms with van der Waals surface area (Å²) in [5.41, 5.74) is 1.31. The highest BCUT2D eigenvalue weighted by Gasteiger charge is 2.14. The number of carbonyl (C=O) groups is 2. The maximum absolute atomic E-state index is 12.4. The van der Waals surface area contributed by atoms with E-state index in [0.29, 0.717) is 30.6 Å². The fraction of sp³-hybridized carbons (Fsp3) is 0.455. The lowest BCUT2D eigenvalue weighted by Gasteiger charge is -2.21. The molecule has 2 aromatic rings. The second-order valence-corrected chi connectivity index (χ2v) is 7.06. The molecule has 6 nitrogen and oxygen atoms in total. The minimum absolute atomic E-state index is 0.127. The largest absolute Gasteiger partial charge is 0.451 e. The van der Waals surface area contributed by atoms with Gasteiger partial charge in [-0.2, -0.15) is 0 Å². The van der Waals surface area contributed by atoms with E-state index in [2.05, 4.69) is 10.6 Å². The van der Waals surface area contributed by atoms with E-state index in [1.54, 1.807) is 37.4 Å². The van der Waals surface area contributed by atoms with E-state index in [4.69, 9.17) is 9.15 Å². The first-order chi connectivity index (χ1) is 13.7. The van der Waals surface area contributed by atoms with Crippen LogP contribution in [-0.4, -0.2) is 38.1 Å². The minimum atomic E-state index is -0.282. The molecule has 0 unspecified atom stereocenters. The van der Waals surface area contributed by atoms with Gasteiger partial charge in [0.1, 0.15) is 5.76 Å². The van der Waals surface area contributed by atoms with Crippen LogP contribution in [0, 0.1) is 0 Å². The molecule has 2 amide bonds. The molecule has 1 aromatic heterocycles. The van der Waals surface area contributed by atoms with Crippen molar-refractivity contribution >= 4 is 11.8 Å². The van der Waals surface area contributed by atoms with Crippen molar-refractivity contribution in [1.82, 2.24) is 10.6 Å². The van der Waals surface area contributed by atoms with Gasteiger partial charge in [0.25, 0.3) is 11.8 Å². The van der Waals surface area contributed by atoms with Crippen LogP contribution in [0.25, 0.3) is 11.3 Å². The molecule has 3 rings (SSSR count). The van der Waals surface area contributed by atoms with Crippen LogP contribution >= 0.6 is 0 Å². The number of carbonyl (C=O) groups excluding carboxylic acids is 2. The molecule has 0 aliphatic heterocycles. The number of ether oxygens (including phenoxy) is 1. The Morgan fingerprint density at radius 1 is 1.11 bits per heavy atom. The van der Waals surface area contributed by atoms with Crippen molar-refractivity contribution in [2.75, 3.05) is 20.2 Å². The third kappa shape index (κ3) is 5.45. The van der Waals surface area contributed by atoms with Crippen LogP contribution in [0.4, 0.5) is 0 Å². The zero-order chi connectivity index (χ0) is 19.8. The third-order valence-corrected chi connectivity index (χ3v) is 4.98. The summed E-state index contributed by atoms with van der Waals surface area (Å²) in [5, 5.41) is 5.46. The molecular formula is C22H28N2O4. The van der Waals surface area contributed by atoms with Gasteiger partial charge in [0.05, 0.1) is 6.10 Å². The quantitative estimate of drug-likeness (QED) is 0.679. The summed E-state index contributed by atoms with van der Waals surface area (Å²) in [4.78, 5) is 24.0. The van der Waals surface area contributed by atoms with Crippen LogP contribution in [0.2, 0.25) is 0 Å². The lowest BCUT2D eigenvalue weighted by atomic mass is 9.98. The van der Waals surface area contributed by atoms with Crippen molar-refractivity contribution in [3.8, 4) is 11.3 Å². The Balaban J connectivity index is 1.48. The summed E-state index contributed by atoms with van der Waals surface area (Å²) in [7, 11) is 1.55. The monoisotopic (exact) mass is 384 g/mol. The number of rotatable bonds is 8. The Morgan fingerprint density at radius 3 is 2.71 bits per heavy atom. The molecule has 1 heterocycles. The normalized spacial score (nSPS) is 14.6. The third-order valence-electron chi connectivity index (χ3n) is 4.98. The molecule has 2 N–H and O–H groups in total. The van der Waals surface area contributed by atoms with Gasteiger partial charge in [0, 0.05) is 31.3 Å². The Kier molecular flexibility index (Phi) is 7.25. The number of furan rings is 1. The first-order valence-electron chi connectivity index (χ1n) is 9.99. The van der Waals surface area contributed by atoms with Crippen LogP contribution in [0.1, 0.15) is 59.4 Å². The van der Waals surface area contributed by atoms with Crippen molar-refractivity contribution in [2.45, 2.75) is 44.6 Å². The average Bonchev–Trinajstić information content (AvgIpc) is 3.24. The van der Waals surface area contributed by atoms with E-state index in [1.165, 1.54) is 19.3 Å². The van der Waals surface area contributed by atoms with Gasteiger partial charge in [0.15, 0.2) is 5.76 Å². The van der Waals surface area contributed by atoms with E-state index < -0.39 is 0 Å². The zero-order valence-electron chi connectivity index (χ0n) is 16.3. The summed E-state index contributed by atoms with van der Waals surface area (Å²) < 4.78 is 11.4. The van der Waals surface area contributed by atoms with Gasteiger partial charge in [0.2, 0.25) is 0 Å². The van der Waals surface area contributed by atoms with Gasteiger partial charge in [-0.25, -0.2) is 0 Å². The number of nitrogens with one attached hydrogen (secondary N) is 2. The van der Waals surface area contributed by atoms with E-state index in [-0.39, 0.29) is 17.6 Å². The van der Waals surface area contributed by atoms with Crippen molar-refractivity contribution in [2.24, 2.45) is 0 Å². The Hall–Kier alpha value is -2.60. The highest BCUT2D eigenvalue weighted by Crippen LogP contribution is 2.23. The average molecular weight is 384 g/mol. The maximum atomic E-state index is 12.4. The predicted octanol–water partition coefficient (Wildman–Crippen LogP) is 3.78.